The molecule has 84 valence electrons. The maximum absolute atomic E-state index is 9.34. The Bertz CT molecular complexity index is 152. The molecule has 2 N–H and O–H groups in total. The van der Waals surface area contributed by atoms with E-state index < -0.39 is 0 Å². The van der Waals surface area contributed by atoms with E-state index in [1.54, 1.807) is 7.11 Å². The van der Waals surface area contributed by atoms with Crippen LogP contribution in [0.4, 0.5) is 0 Å². The number of hydrogen-bond donors (Lipinski definition) is 2. The number of aliphatic hydroxyl groups excluding tert-OH is 1. The summed E-state index contributed by atoms with van der Waals surface area (Å²) in [6.07, 6.45) is 3.09. The van der Waals surface area contributed by atoms with Crippen molar-refractivity contribution in [3.05, 3.63) is 0 Å². The van der Waals surface area contributed by atoms with Gasteiger partial charge in [0.15, 0.2) is 0 Å². The lowest BCUT2D eigenvalue weighted by atomic mass is 10.1. The van der Waals surface area contributed by atoms with Crippen molar-refractivity contribution in [1.82, 2.24) is 5.32 Å². The lowest BCUT2D eigenvalue weighted by molar-refractivity contribution is 0.157. The van der Waals surface area contributed by atoms with Crippen molar-refractivity contribution in [1.29, 1.82) is 0 Å². The molecule has 0 bridgehead atoms. The second-order valence-electron chi connectivity index (χ2n) is 4.55. The third-order valence-electron chi connectivity index (χ3n) is 2.89. The Balaban J connectivity index is 1.98. The summed E-state index contributed by atoms with van der Waals surface area (Å²) in [5.74, 6) is 1.26. The van der Waals surface area contributed by atoms with Gasteiger partial charge in [-0.25, -0.2) is 0 Å². The molecule has 0 aromatic rings. The Morgan fingerprint density at radius 1 is 1.50 bits per heavy atom. The lowest BCUT2D eigenvalue weighted by Crippen LogP contribution is -2.28. The Labute approximate surface area is 86.8 Å². The van der Waals surface area contributed by atoms with Crippen molar-refractivity contribution in [2.75, 3.05) is 26.8 Å². The molecule has 3 nitrogen and oxygen atoms in total. The highest BCUT2D eigenvalue weighted by atomic mass is 16.5. The molecule has 1 fully saturated rings. The molecule has 1 rings (SSSR count). The molecule has 0 radical (unpaired) electrons. The van der Waals surface area contributed by atoms with Crippen molar-refractivity contribution >= 4 is 0 Å². The maximum atomic E-state index is 9.34. The molecular weight excluding hydrogens is 178 g/mol. The number of aliphatic hydroxyl groups is 1. The Hall–Kier alpha value is -0.120. The van der Waals surface area contributed by atoms with E-state index in [9.17, 15) is 5.11 Å². The largest absolute Gasteiger partial charge is 0.393 e. The minimum atomic E-state index is -0.0433. The topological polar surface area (TPSA) is 41.5 Å². The molecule has 0 spiro atoms. The van der Waals surface area contributed by atoms with Crippen LogP contribution in [0.1, 0.15) is 26.2 Å². The molecular formula is C11H23NO2. The Morgan fingerprint density at radius 3 is 2.86 bits per heavy atom. The second-order valence-corrected chi connectivity index (χ2v) is 4.55. The zero-order valence-electron chi connectivity index (χ0n) is 9.33. The molecule has 0 amide bonds. The molecule has 0 aromatic carbocycles. The van der Waals surface area contributed by atoms with Crippen molar-refractivity contribution in [2.45, 2.75) is 32.3 Å². The summed E-state index contributed by atoms with van der Waals surface area (Å²) < 4.78 is 5.06. The first kappa shape index (κ1) is 12.0. The monoisotopic (exact) mass is 201 g/mol. The summed E-state index contributed by atoms with van der Waals surface area (Å²) in [6, 6.07) is 0. The molecule has 0 heterocycles. The fraction of sp³-hybridized carbons (Fsp3) is 1.00. The van der Waals surface area contributed by atoms with Gasteiger partial charge < -0.3 is 15.2 Å². The molecule has 14 heavy (non-hydrogen) atoms. The minimum Gasteiger partial charge on any atom is -0.393 e. The van der Waals surface area contributed by atoms with Crippen LogP contribution in [0, 0.1) is 11.8 Å². The lowest BCUT2D eigenvalue weighted by Gasteiger charge is -2.14. The summed E-state index contributed by atoms with van der Waals surface area (Å²) in [6.45, 7) is 5.06. The van der Waals surface area contributed by atoms with Crippen molar-refractivity contribution in [2.24, 2.45) is 11.8 Å². The van der Waals surface area contributed by atoms with E-state index in [0.29, 0.717) is 11.8 Å². The second kappa shape index (κ2) is 6.38. The van der Waals surface area contributed by atoms with Crippen molar-refractivity contribution in [3.8, 4) is 0 Å². The average Bonchev–Trinajstić information content (AvgIpc) is 2.52. The van der Waals surface area contributed by atoms with Crippen molar-refractivity contribution in [3.63, 3.8) is 0 Å². The smallest absolute Gasteiger partial charge is 0.0543 e. The van der Waals surface area contributed by atoms with Crippen LogP contribution < -0.4 is 5.32 Å². The van der Waals surface area contributed by atoms with Gasteiger partial charge in [0.2, 0.25) is 0 Å². The molecule has 0 saturated heterocycles. The van der Waals surface area contributed by atoms with Crippen LogP contribution in [-0.4, -0.2) is 38.0 Å². The first-order valence-corrected chi connectivity index (χ1v) is 5.60. The van der Waals surface area contributed by atoms with E-state index in [-0.39, 0.29) is 6.10 Å². The highest BCUT2D eigenvalue weighted by Crippen LogP contribution is 2.24. The van der Waals surface area contributed by atoms with Gasteiger partial charge in [-0.1, -0.05) is 6.92 Å². The zero-order chi connectivity index (χ0) is 10.4. The third kappa shape index (κ3) is 4.40. The van der Waals surface area contributed by atoms with Gasteiger partial charge in [0.05, 0.1) is 6.10 Å². The number of hydrogen-bond acceptors (Lipinski definition) is 3. The van der Waals surface area contributed by atoms with E-state index in [4.69, 9.17) is 4.74 Å². The van der Waals surface area contributed by atoms with Crippen LogP contribution in [0.3, 0.4) is 0 Å². The van der Waals surface area contributed by atoms with E-state index >= 15 is 0 Å². The first-order chi connectivity index (χ1) is 6.72. The fourth-order valence-electron chi connectivity index (χ4n) is 2.11. The number of ether oxygens (including phenoxy) is 1. The summed E-state index contributed by atoms with van der Waals surface area (Å²) in [5.41, 5.74) is 0. The standard InChI is InChI=1S/C11H23NO2/c1-9(8-14-2)6-12-7-10-3-4-11(13)5-10/h9-13H,3-8H2,1-2H3. The summed E-state index contributed by atoms with van der Waals surface area (Å²) in [7, 11) is 1.74. The third-order valence-corrected chi connectivity index (χ3v) is 2.89. The highest BCUT2D eigenvalue weighted by molar-refractivity contribution is 4.76. The SMILES string of the molecule is COCC(C)CNCC1CCC(O)C1. The van der Waals surface area contributed by atoms with Crippen LogP contribution >= 0.6 is 0 Å². The molecule has 0 aromatic heterocycles. The first-order valence-electron chi connectivity index (χ1n) is 5.60. The normalized spacial score (nSPS) is 29.4. The summed E-state index contributed by atoms with van der Waals surface area (Å²) in [4.78, 5) is 0. The predicted octanol–water partition coefficient (Wildman–Crippen LogP) is 1.02. The molecule has 1 aliphatic rings. The molecule has 0 aliphatic heterocycles. The van der Waals surface area contributed by atoms with Crippen molar-refractivity contribution < 1.29 is 9.84 Å². The average molecular weight is 201 g/mol. The van der Waals surface area contributed by atoms with E-state index in [0.717, 1.165) is 32.5 Å². The molecule has 3 unspecified atom stereocenters. The molecule has 3 atom stereocenters. The highest BCUT2D eigenvalue weighted by Gasteiger charge is 2.22. The van der Waals surface area contributed by atoms with Gasteiger partial charge in [0.25, 0.3) is 0 Å². The maximum Gasteiger partial charge on any atom is 0.0543 e. The number of rotatable bonds is 6. The quantitative estimate of drug-likeness (QED) is 0.674. The molecule has 1 saturated carbocycles. The van der Waals surface area contributed by atoms with Gasteiger partial charge in [-0.05, 0) is 44.2 Å². The van der Waals surface area contributed by atoms with Gasteiger partial charge in [-0.15, -0.1) is 0 Å². The Kier molecular flexibility index (Phi) is 5.45. The predicted molar refractivity (Wildman–Crippen MR) is 57.3 cm³/mol. The van der Waals surface area contributed by atoms with E-state index in [1.165, 1.54) is 6.42 Å². The van der Waals surface area contributed by atoms with Gasteiger partial charge in [0, 0.05) is 13.7 Å². The minimum absolute atomic E-state index is 0.0433. The van der Waals surface area contributed by atoms with Gasteiger partial charge >= 0.3 is 0 Å². The number of nitrogens with one attached hydrogen (secondary N) is 1. The van der Waals surface area contributed by atoms with Crippen LogP contribution in [0.15, 0.2) is 0 Å². The Morgan fingerprint density at radius 2 is 2.29 bits per heavy atom. The zero-order valence-corrected chi connectivity index (χ0v) is 9.33. The van der Waals surface area contributed by atoms with Crippen LogP contribution in [-0.2, 0) is 4.74 Å². The molecule has 3 heteroatoms. The van der Waals surface area contributed by atoms with Crippen LogP contribution in [0.2, 0.25) is 0 Å². The van der Waals surface area contributed by atoms with Gasteiger partial charge in [0.1, 0.15) is 0 Å². The van der Waals surface area contributed by atoms with Gasteiger partial charge in [-0.2, -0.15) is 0 Å². The van der Waals surface area contributed by atoms with Gasteiger partial charge in [-0.3, -0.25) is 0 Å². The molecule has 1 aliphatic carbocycles. The van der Waals surface area contributed by atoms with E-state index in [1.807, 2.05) is 0 Å². The van der Waals surface area contributed by atoms with Crippen LogP contribution in [0.25, 0.3) is 0 Å². The number of methoxy groups -OCH3 is 1. The van der Waals surface area contributed by atoms with E-state index in [2.05, 4.69) is 12.2 Å². The summed E-state index contributed by atoms with van der Waals surface area (Å²) in [5, 5.41) is 12.8. The summed E-state index contributed by atoms with van der Waals surface area (Å²) >= 11 is 0. The van der Waals surface area contributed by atoms with Crippen LogP contribution in [0.5, 0.6) is 0 Å². The fourth-order valence-corrected chi connectivity index (χ4v) is 2.11.